The van der Waals surface area contributed by atoms with Crippen LogP contribution in [0, 0.1) is 6.92 Å². The third kappa shape index (κ3) is 3.88. The van der Waals surface area contributed by atoms with Crippen LogP contribution in [-0.2, 0) is 4.74 Å². The Morgan fingerprint density at radius 3 is 3.05 bits per heavy atom. The van der Waals surface area contributed by atoms with E-state index in [1.54, 1.807) is 12.4 Å². The van der Waals surface area contributed by atoms with Gasteiger partial charge in [0.2, 0.25) is 0 Å². The van der Waals surface area contributed by atoms with Crippen LogP contribution in [0.2, 0.25) is 0 Å². The predicted octanol–water partition coefficient (Wildman–Crippen LogP) is 3.91. The van der Waals surface area contributed by atoms with Gasteiger partial charge in [0.1, 0.15) is 0 Å². The summed E-state index contributed by atoms with van der Waals surface area (Å²) >= 11 is 3.51. The molecular weight excluding hydrogens is 332 g/mol. The summed E-state index contributed by atoms with van der Waals surface area (Å²) in [6.07, 6.45) is 5.14. The normalized spacial score (nSPS) is 10.6. The topological polar surface area (TPSA) is 54.1 Å². The largest absolute Gasteiger partial charge is 0.462 e. The number of fused-ring (bicyclic) bond motifs is 1. The SMILES string of the molecule is C=CNCCCCOC(=O)c1c[nH]c2cc(C)cc(Br)c12. The number of nitrogens with one attached hydrogen (secondary N) is 2. The van der Waals surface area contributed by atoms with Gasteiger partial charge in [-0.1, -0.05) is 22.5 Å². The number of hydrogen-bond acceptors (Lipinski definition) is 3. The molecule has 2 aromatic rings. The van der Waals surface area contributed by atoms with Crippen molar-refractivity contribution in [3.05, 3.63) is 46.7 Å². The number of hydrogen-bond donors (Lipinski definition) is 2. The summed E-state index contributed by atoms with van der Waals surface area (Å²) < 4.78 is 6.23. The quantitative estimate of drug-likeness (QED) is 0.587. The Labute approximate surface area is 132 Å². The number of ether oxygens (including phenoxy) is 1. The molecule has 2 rings (SSSR count). The number of halogens is 1. The molecule has 112 valence electrons. The third-order valence-corrected chi connectivity index (χ3v) is 3.81. The van der Waals surface area contributed by atoms with Crippen LogP contribution in [0.4, 0.5) is 0 Å². The average Bonchev–Trinajstić information content (AvgIpc) is 2.86. The van der Waals surface area contributed by atoms with Crippen molar-refractivity contribution in [3.8, 4) is 0 Å². The van der Waals surface area contributed by atoms with Gasteiger partial charge in [0.15, 0.2) is 0 Å². The van der Waals surface area contributed by atoms with Gasteiger partial charge in [-0.2, -0.15) is 0 Å². The molecule has 1 aromatic carbocycles. The molecule has 0 aliphatic carbocycles. The molecule has 0 aliphatic heterocycles. The van der Waals surface area contributed by atoms with Crippen LogP contribution < -0.4 is 5.32 Å². The fourth-order valence-corrected chi connectivity index (χ4v) is 2.97. The highest BCUT2D eigenvalue weighted by atomic mass is 79.9. The van der Waals surface area contributed by atoms with Gasteiger partial charge in [0, 0.05) is 28.1 Å². The molecule has 0 spiro atoms. The number of carbonyl (C=O) groups excluding carboxylic acids is 1. The van der Waals surface area contributed by atoms with E-state index in [9.17, 15) is 4.79 Å². The Kier molecular flexibility index (Phi) is 5.44. The van der Waals surface area contributed by atoms with Crippen LogP contribution in [0.25, 0.3) is 10.9 Å². The molecule has 21 heavy (non-hydrogen) atoms. The summed E-state index contributed by atoms with van der Waals surface area (Å²) in [6, 6.07) is 4.01. The molecule has 1 aromatic heterocycles. The first-order chi connectivity index (χ1) is 10.1. The Morgan fingerprint density at radius 2 is 2.29 bits per heavy atom. The first-order valence-electron chi connectivity index (χ1n) is 6.92. The van der Waals surface area contributed by atoms with E-state index in [1.807, 2.05) is 19.1 Å². The van der Waals surface area contributed by atoms with Crippen molar-refractivity contribution in [2.75, 3.05) is 13.2 Å². The molecule has 0 atom stereocenters. The Bertz CT molecular complexity index is 649. The number of H-pyrrole nitrogens is 1. The van der Waals surface area contributed by atoms with Gasteiger partial charge in [-0.15, -0.1) is 0 Å². The fourth-order valence-electron chi connectivity index (χ4n) is 2.19. The van der Waals surface area contributed by atoms with Crippen molar-refractivity contribution < 1.29 is 9.53 Å². The van der Waals surface area contributed by atoms with Gasteiger partial charge in [0.25, 0.3) is 0 Å². The van der Waals surface area contributed by atoms with E-state index in [-0.39, 0.29) is 5.97 Å². The molecule has 5 heteroatoms. The van der Waals surface area contributed by atoms with Crippen molar-refractivity contribution in [1.29, 1.82) is 0 Å². The smallest absolute Gasteiger partial charge is 0.340 e. The highest BCUT2D eigenvalue weighted by Gasteiger charge is 2.15. The summed E-state index contributed by atoms with van der Waals surface area (Å²) in [5.41, 5.74) is 2.64. The maximum absolute atomic E-state index is 12.2. The highest BCUT2D eigenvalue weighted by molar-refractivity contribution is 9.10. The van der Waals surface area contributed by atoms with E-state index in [2.05, 4.69) is 32.8 Å². The lowest BCUT2D eigenvalue weighted by Crippen LogP contribution is -2.10. The second-order valence-electron chi connectivity index (χ2n) is 4.87. The summed E-state index contributed by atoms with van der Waals surface area (Å²) in [5.74, 6) is -0.289. The maximum Gasteiger partial charge on any atom is 0.340 e. The zero-order valence-electron chi connectivity index (χ0n) is 12.0. The van der Waals surface area contributed by atoms with E-state index in [0.29, 0.717) is 12.2 Å². The molecule has 0 radical (unpaired) electrons. The zero-order chi connectivity index (χ0) is 15.2. The standard InChI is InChI=1S/C16H19BrN2O2/c1-3-18-6-4-5-7-21-16(20)12-10-19-14-9-11(2)8-13(17)15(12)14/h3,8-10,18-19H,1,4-7H2,2H3. The van der Waals surface area contributed by atoms with Crippen LogP contribution in [0.1, 0.15) is 28.8 Å². The molecule has 1 heterocycles. The van der Waals surface area contributed by atoms with Crippen molar-refractivity contribution in [1.82, 2.24) is 10.3 Å². The number of unbranched alkanes of at least 4 members (excludes halogenated alkanes) is 1. The second-order valence-corrected chi connectivity index (χ2v) is 5.73. The minimum absolute atomic E-state index is 0.289. The van der Waals surface area contributed by atoms with Gasteiger partial charge in [-0.25, -0.2) is 4.79 Å². The zero-order valence-corrected chi connectivity index (χ0v) is 13.6. The molecule has 0 bridgehead atoms. The maximum atomic E-state index is 12.2. The number of aromatic nitrogens is 1. The lowest BCUT2D eigenvalue weighted by atomic mass is 10.1. The van der Waals surface area contributed by atoms with Gasteiger partial charge in [-0.05, 0) is 43.7 Å². The van der Waals surface area contributed by atoms with Crippen molar-refractivity contribution in [3.63, 3.8) is 0 Å². The highest BCUT2D eigenvalue weighted by Crippen LogP contribution is 2.29. The number of rotatable bonds is 7. The number of aromatic amines is 1. The molecule has 2 N–H and O–H groups in total. The Morgan fingerprint density at radius 1 is 1.48 bits per heavy atom. The van der Waals surface area contributed by atoms with Crippen molar-refractivity contribution in [2.45, 2.75) is 19.8 Å². The van der Waals surface area contributed by atoms with E-state index < -0.39 is 0 Å². The monoisotopic (exact) mass is 350 g/mol. The van der Waals surface area contributed by atoms with Crippen molar-refractivity contribution >= 4 is 32.8 Å². The predicted molar refractivity (Wildman–Crippen MR) is 88.5 cm³/mol. The minimum Gasteiger partial charge on any atom is -0.462 e. The summed E-state index contributed by atoms with van der Waals surface area (Å²) in [5, 5.41) is 3.89. The van der Waals surface area contributed by atoms with Crippen LogP contribution in [0.3, 0.4) is 0 Å². The molecule has 0 saturated heterocycles. The van der Waals surface area contributed by atoms with Crippen LogP contribution in [-0.4, -0.2) is 24.1 Å². The number of esters is 1. The number of carbonyl (C=O) groups is 1. The van der Waals surface area contributed by atoms with Gasteiger partial charge >= 0.3 is 5.97 Å². The third-order valence-electron chi connectivity index (χ3n) is 3.19. The number of benzene rings is 1. The summed E-state index contributed by atoms with van der Waals surface area (Å²) in [7, 11) is 0. The molecule has 0 saturated carbocycles. The van der Waals surface area contributed by atoms with Crippen LogP contribution in [0.15, 0.2) is 35.6 Å². The molecule has 0 fully saturated rings. The van der Waals surface area contributed by atoms with E-state index in [4.69, 9.17) is 4.74 Å². The van der Waals surface area contributed by atoms with Crippen molar-refractivity contribution in [2.24, 2.45) is 0 Å². The van der Waals surface area contributed by atoms with Crippen LogP contribution >= 0.6 is 15.9 Å². The van der Waals surface area contributed by atoms with E-state index in [1.165, 1.54) is 0 Å². The lowest BCUT2D eigenvalue weighted by molar-refractivity contribution is 0.0501. The fraction of sp³-hybridized carbons (Fsp3) is 0.312. The van der Waals surface area contributed by atoms with Crippen LogP contribution in [0.5, 0.6) is 0 Å². The molecule has 0 unspecified atom stereocenters. The van der Waals surface area contributed by atoms with Gasteiger partial charge in [-0.3, -0.25) is 0 Å². The van der Waals surface area contributed by atoms with Gasteiger partial charge < -0.3 is 15.0 Å². The molecular formula is C16H19BrN2O2. The second kappa shape index (κ2) is 7.31. The average molecular weight is 351 g/mol. The van der Waals surface area contributed by atoms with E-state index in [0.717, 1.165) is 40.3 Å². The Balaban J connectivity index is 1.98. The molecule has 0 amide bonds. The summed E-state index contributed by atoms with van der Waals surface area (Å²) in [4.78, 5) is 15.3. The first-order valence-corrected chi connectivity index (χ1v) is 7.71. The number of aryl methyl sites for hydroxylation is 1. The molecule has 4 nitrogen and oxygen atoms in total. The van der Waals surface area contributed by atoms with E-state index >= 15 is 0 Å². The lowest BCUT2D eigenvalue weighted by Gasteiger charge is -2.05. The van der Waals surface area contributed by atoms with Gasteiger partial charge in [0.05, 0.1) is 12.2 Å². The first kappa shape index (κ1) is 15.6. The minimum atomic E-state index is -0.289. The summed E-state index contributed by atoms with van der Waals surface area (Å²) in [6.45, 7) is 6.86. The Hall–Kier alpha value is -1.75. The molecule has 0 aliphatic rings.